The largest absolute Gasteiger partial charge is 0.368 e. The summed E-state index contributed by atoms with van der Waals surface area (Å²) in [5.74, 6) is -0.119. The van der Waals surface area contributed by atoms with Crippen molar-refractivity contribution in [3.8, 4) is 0 Å². The van der Waals surface area contributed by atoms with Crippen molar-refractivity contribution in [1.29, 1.82) is 0 Å². The van der Waals surface area contributed by atoms with Gasteiger partial charge in [0.2, 0.25) is 0 Å². The van der Waals surface area contributed by atoms with Crippen molar-refractivity contribution in [2.75, 3.05) is 36.0 Å². The van der Waals surface area contributed by atoms with Crippen molar-refractivity contribution in [2.24, 2.45) is 0 Å². The second kappa shape index (κ2) is 8.44. The predicted octanol–water partition coefficient (Wildman–Crippen LogP) is 3.71. The van der Waals surface area contributed by atoms with Crippen molar-refractivity contribution >= 4 is 28.1 Å². The normalized spacial score (nSPS) is 14.2. The molecular weight excluding hydrogens is 368 g/mol. The molecule has 1 amide bonds. The zero-order valence-electron chi connectivity index (χ0n) is 16.0. The Morgan fingerprint density at radius 3 is 2.54 bits per heavy atom. The van der Waals surface area contributed by atoms with Gasteiger partial charge >= 0.3 is 0 Å². The summed E-state index contributed by atoms with van der Waals surface area (Å²) >= 11 is 1.54. The lowest BCUT2D eigenvalue weighted by molar-refractivity contribution is 0.0946. The first-order valence-electron chi connectivity index (χ1n) is 9.53. The zero-order valence-corrected chi connectivity index (χ0v) is 16.8. The van der Waals surface area contributed by atoms with Gasteiger partial charge in [-0.15, -0.1) is 11.3 Å². The first kappa shape index (κ1) is 18.5. The van der Waals surface area contributed by atoms with E-state index in [0.29, 0.717) is 12.2 Å². The molecule has 144 valence electrons. The number of thiazole rings is 1. The molecule has 0 radical (unpaired) electrons. The Kier molecular flexibility index (Phi) is 5.58. The van der Waals surface area contributed by atoms with E-state index >= 15 is 0 Å². The van der Waals surface area contributed by atoms with E-state index in [9.17, 15) is 4.79 Å². The molecule has 5 nitrogen and oxygen atoms in total. The quantitative estimate of drug-likeness (QED) is 0.719. The number of carbonyl (C=O) groups is 1. The molecule has 2 aromatic carbocycles. The topological polar surface area (TPSA) is 48.5 Å². The fourth-order valence-corrected chi connectivity index (χ4v) is 4.26. The first-order chi connectivity index (χ1) is 13.7. The number of aryl methyl sites for hydroxylation is 1. The van der Waals surface area contributed by atoms with E-state index in [4.69, 9.17) is 0 Å². The molecular formula is C22H24N4OS. The van der Waals surface area contributed by atoms with Crippen LogP contribution < -0.4 is 15.1 Å². The molecule has 2 heterocycles. The third-order valence-electron chi connectivity index (χ3n) is 4.93. The summed E-state index contributed by atoms with van der Waals surface area (Å²) in [6, 6.07) is 18.6. The third kappa shape index (κ3) is 4.34. The molecule has 0 aliphatic carbocycles. The number of aromatic nitrogens is 1. The summed E-state index contributed by atoms with van der Waals surface area (Å²) < 4.78 is 0. The van der Waals surface area contributed by atoms with Gasteiger partial charge in [-0.2, -0.15) is 0 Å². The lowest BCUT2D eigenvalue weighted by atomic mass is 10.1. The van der Waals surface area contributed by atoms with Crippen LogP contribution >= 0.6 is 11.3 Å². The van der Waals surface area contributed by atoms with Gasteiger partial charge in [-0.05, 0) is 24.6 Å². The van der Waals surface area contributed by atoms with Crippen LogP contribution in [0.5, 0.6) is 0 Å². The fraction of sp³-hybridized carbons (Fsp3) is 0.273. The highest BCUT2D eigenvalue weighted by molar-refractivity contribution is 7.13. The van der Waals surface area contributed by atoms with Crippen LogP contribution in [0.25, 0.3) is 0 Å². The minimum Gasteiger partial charge on any atom is -0.368 e. The molecule has 1 aliphatic heterocycles. The summed E-state index contributed by atoms with van der Waals surface area (Å²) in [7, 11) is 0. The number of piperazine rings is 1. The average molecular weight is 393 g/mol. The predicted molar refractivity (Wildman–Crippen MR) is 115 cm³/mol. The van der Waals surface area contributed by atoms with Gasteiger partial charge in [0.1, 0.15) is 5.69 Å². The highest BCUT2D eigenvalue weighted by atomic mass is 32.1. The minimum absolute atomic E-state index is 0.119. The summed E-state index contributed by atoms with van der Waals surface area (Å²) in [6.07, 6.45) is 0. The van der Waals surface area contributed by atoms with E-state index in [2.05, 4.69) is 63.4 Å². The average Bonchev–Trinajstić information content (AvgIpc) is 3.23. The van der Waals surface area contributed by atoms with Gasteiger partial charge in [0.25, 0.3) is 5.91 Å². The zero-order chi connectivity index (χ0) is 19.3. The van der Waals surface area contributed by atoms with Crippen LogP contribution in [0.3, 0.4) is 0 Å². The number of hydrogen-bond acceptors (Lipinski definition) is 5. The van der Waals surface area contributed by atoms with Gasteiger partial charge in [-0.3, -0.25) is 4.79 Å². The Hall–Kier alpha value is -2.86. The number of hydrogen-bond donors (Lipinski definition) is 1. The maximum atomic E-state index is 12.4. The Morgan fingerprint density at radius 2 is 1.79 bits per heavy atom. The van der Waals surface area contributed by atoms with Crippen LogP contribution in [0.15, 0.2) is 60.0 Å². The van der Waals surface area contributed by atoms with Crippen LogP contribution in [-0.4, -0.2) is 37.1 Å². The standard InChI is InChI=1S/C22H24N4OS/c1-17-6-5-7-18(14-17)15-23-21(27)20-16-28-22(24-20)26-12-10-25(11-13-26)19-8-3-2-4-9-19/h2-9,14,16H,10-13,15H2,1H3,(H,23,27). The highest BCUT2D eigenvalue weighted by Crippen LogP contribution is 2.24. The lowest BCUT2D eigenvalue weighted by Crippen LogP contribution is -2.46. The Bertz CT molecular complexity index is 932. The van der Waals surface area contributed by atoms with Crippen molar-refractivity contribution in [1.82, 2.24) is 10.3 Å². The van der Waals surface area contributed by atoms with Gasteiger partial charge in [0, 0.05) is 43.8 Å². The van der Waals surface area contributed by atoms with E-state index in [1.54, 1.807) is 11.3 Å². The number of rotatable bonds is 5. The van der Waals surface area contributed by atoms with Crippen molar-refractivity contribution in [3.63, 3.8) is 0 Å². The summed E-state index contributed by atoms with van der Waals surface area (Å²) in [4.78, 5) is 21.7. The maximum Gasteiger partial charge on any atom is 0.271 e. The van der Waals surface area contributed by atoms with Gasteiger partial charge in [-0.1, -0.05) is 48.0 Å². The fourth-order valence-electron chi connectivity index (χ4n) is 3.40. The number of nitrogens with one attached hydrogen (secondary N) is 1. The minimum atomic E-state index is -0.119. The van der Waals surface area contributed by atoms with Gasteiger partial charge in [-0.25, -0.2) is 4.98 Å². The van der Waals surface area contributed by atoms with Crippen molar-refractivity contribution in [2.45, 2.75) is 13.5 Å². The monoisotopic (exact) mass is 392 g/mol. The summed E-state index contributed by atoms with van der Waals surface area (Å²) in [5, 5.41) is 5.74. The molecule has 28 heavy (non-hydrogen) atoms. The van der Waals surface area contributed by atoms with E-state index in [1.807, 2.05) is 23.6 Å². The molecule has 0 atom stereocenters. The van der Waals surface area contributed by atoms with E-state index in [0.717, 1.165) is 36.9 Å². The second-order valence-corrected chi connectivity index (χ2v) is 7.83. The van der Waals surface area contributed by atoms with Crippen LogP contribution in [0, 0.1) is 6.92 Å². The number of carbonyl (C=O) groups excluding carboxylic acids is 1. The van der Waals surface area contributed by atoms with Gasteiger partial charge in [0.05, 0.1) is 0 Å². The van der Waals surface area contributed by atoms with E-state index in [1.165, 1.54) is 11.3 Å². The lowest BCUT2D eigenvalue weighted by Gasteiger charge is -2.35. The van der Waals surface area contributed by atoms with E-state index in [-0.39, 0.29) is 5.91 Å². The molecule has 1 aromatic heterocycles. The molecule has 6 heteroatoms. The van der Waals surface area contributed by atoms with E-state index < -0.39 is 0 Å². The number of anilines is 2. The van der Waals surface area contributed by atoms with Crippen LogP contribution in [0.1, 0.15) is 21.6 Å². The molecule has 0 spiro atoms. The smallest absolute Gasteiger partial charge is 0.271 e. The SMILES string of the molecule is Cc1cccc(CNC(=O)c2csc(N3CCN(c4ccccc4)CC3)n2)c1. The molecule has 0 unspecified atom stereocenters. The number of nitrogens with zero attached hydrogens (tertiary/aromatic N) is 3. The molecule has 1 aliphatic rings. The van der Waals surface area contributed by atoms with Crippen molar-refractivity contribution in [3.05, 3.63) is 76.8 Å². The molecule has 0 saturated carbocycles. The summed E-state index contributed by atoms with van der Waals surface area (Å²) in [6.45, 7) is 6.30. The third-order valence-corrected chi connectivity index (χ3v) is 5.83. The molecule has 1 saturated heterocycles. The molecule has 3 aromatic rings. The second-order valence-electron chi connectivity index (χ2n) is 7.00. The molecule has 4 rings (SSSR count). The molecule has 0 bridgehead atoms. The Labute approximate surface area is 169 Å². The van der Waals surface area contributed by atoms with Crippen LogP contribution in [0.2, 0.25) is 0 Å². The highest BCUT2D eigenvalue weighted by Gasteiger charge is 2.21. The Morgan fingerprint density at radius 1 is 1.04 bits per heavy atom. The van der Waals surface area contributed by atoms with Crippen molar-refractivity contribution < 1.29 is 4.79 Å². The summed E-state index contributed by atoms with van der Waals surface area (Å²) in [5.41, 5.74) is 4.05. The van der Waals surface area contributed by atoms with Crippen LogP contribution in [-0.2, 0) is 6.54 Å². The van der Waals surface area contributed by atoms with Gasteiger partial charge < -0.3 is 15.1 Å². The molecule has 1 fully saturated rings. The van der Waals surface area contributed by atoms with Gasteiger partial charge in [0.15, 0.2) is 5.13 Å². The number of amides is 1. The first-order valence-corrected chi connectivity index (χ1v) is 10.4. The molecule has 1 N–H and O–H groups in total. The number of benzene rings is 2. The number of para-hydroxylation sites is 1. The van der Waals surface area contributed by atoms with Crippen LogP contribution in [0.4, 0.5) is 10.8 Å². The maximum absolute atomic E-state index is 12.4. The Balaban J connectivity index is 1.32.